The Hall–Kier alpha value is -3.04. The summed E-state index contributed by atoms with van der Waals surface area (Å²) in [5, 5.41) is 1.42. The van der Waals surface area contributed by atoms with Crippen LogP contribution in [0.5, 0.6) is 0 Å². The van der Waals surface area contributed by atoms with Crippen LogP contribution in [0.1, 0.15) is 10.4 Å². The molecule has 1 N–H and O–H groups in total. The Kier molecular flexibility index (Phi) is 4.23. The third-order valence-corrected chi connectivity index (χ3v) is 4.79. The van der Waals surface area contributed by atoms with Crippen LogP contribution in [0.3, 0.4) is 0 Å². The number of hydrogen-bond donors (Lipinski definition) is 1. The number of fused-ring (bicyclic) bond motifs is 1. The van der Waals surface area contributed by atoms with Crippen LogP contribution in [0, 0.1) is 0 Å². The summed E-state index contributed by atoms with van der Waals surface area (Å²) in [7, 11) is 1.38. The lowest BCUT2D eigenvalue weighted by molar-refractivity contribution is 0.0603. The minimum Gasteiger partial charge on any atom is -0.465 e. The number of hydrogen-bond acceptors (Lipinski definition) is 2. The molecule has 0 saturated carbocycles. The van der Waals surface area contributed by atoms with Gasteiger partial charge < -0.3 is 9.72 Å². The first kappa shape index (κ1) is 16.4. The van der Waals surface area contributed by atoms with Crippen molar-refractivity contribution >= 4 is 28.5 Å². The fraction of sp³-hybridized carbons (Fsp3) is 0.0455. The normalized spacial score (nSPS) is 10.8. The van der Waals surface area contributed by atoms with E-state index < -0.39 is 0 Å². The Morgan fingerprint density at radius 2 is 1.58 bits per heavy atom. The molecular weight excluding hydrogens is 346 g/mol. The lowest BCUT2D eigenvalue weighted by Gasteiger charge is -2.08. The van der Waals surface area contributed by atoms with Gasteiger partial charge in [0, 0.05) is 22.7 Å². The highest BCUT2D eigenvalue weighted by molar-refractivity contribution is 6.34. The molecule has 3 nitrogen and oxygen atoms in total. The molecule has 128 valence electrons. The van der Waals surface area contributed by atoms with Crippen molar-refractivity contribution in [1.82, 2.24) is 4.98 Å². The molecule has 0 aliphatic heterocycles. The van der Waals surface area contributed by atoms with Crippen molar-refractivity contribution in [3.8, 4) is 22.3 Å². The maximum Gasteiger partial charge on any atom is 0.340 e. The lowest BCUT2D eigenvalue weighted by Crippen LogP contribution is -1.99. The summed E-state index contributed by atoms with van der Waals surface area (Å²) < 4.78 is 4.85. The SMILES string of the molecule is COC(=O)c1c[nH]c2cc(Cl)c(-c3ccc(-c4ccccc4)cc3)cc12. The van der Waals surface area contributed by atoms with Gasteiger partial charge in [0.2, 0.25) is 0 Å². The molecule has 4 heteroatoms. The molecule has 0 unspecified atom stereocenters. The van der Waals surface area contributed by atoms with E-state index in [1.165, 1.54) is 12.7 Å². The average Bonchev–Trinajstić information content (AvgIpc) is 3.10. The number of halogens is 1. The zero-order chi connectivity index (χ0) is 18.1. The molecule has 0 saturated heterocycles. The van der Waals surface area contributed by atoms with E-state index in [1.807, 2.05) is 42.5 Å². The van der Waals surface area contributed by atoms with Crippen LogP contribution in [0.2, 0.25) is 5.02 Å². The van der Waals surface area contributed by atoms with E-state index in [2.05, 4.69) is 29.2 Å². The minimum absolute atomic E-state index is 0.371. The molecule has 0 spiro atoms. The molecule has 3 aromatic carbocycles. The number of esters is 1. The number of nitrogens with one attached hydrogen (secondary N) is 1. The largest absolute Gasteiger partial charge is 0.465 e. The summed E-state index contributed by atoms with van der Waals surface area (Å²) in [4.78, 5) is 15.0. The van der Waals surface area contributed by atoms with E-state index in [4.69, 9.17) is 16.3 Å². The number of carbonyl (C=O) groups is 1. The van der Waals surface area contributed by atoms with Gasteiger partial charge in [-0.25, -0.2) is 4.79 Å². The van der Waals surface area contributed by atoms with Crippen molar-refractivity contribution in [2.75, 3.05) is 7.11 Å². The van der Waals surface area contributed by atoms with E-state index in [1.54, 1.807) is 6.20 Å². The molecule has 26 heavy (non-hydrogen) atoms. The Morgan fingerprint density at radius 1 is 0.923 bits per heavy atom. The molecular formula is C22H16ClNO2. The van der Waals surface area contributed by atoms with Crippen LogP contribution < -0.4 is 0 Å². The lowest BCUT2D eigenvalue weighted by atomic mass is 9.99. The maximum atomic E-state index is 11.9. The van der Waals surface area contributed by atoms with Crippen LogP contribution >= 0.6 is 11.6 Å². The average molecular weight is 362 g/mol. The first-order valence-electron chi connectivity index (χ1n) is 8.22. The Labute approximate surface area is 156 Å². The molecule has 0 aliphatic carbocycles. The van der Waals surface area contributed by atoms with Gasteiger partial charge in [0.05, 0.1) is 17.7 Å². The molecule has 4 rings (SSSR count). The fourth-order valence-corrected chi connectivity index (χ4v) is 3.39. The van der Waals surface area contributed by atoms with Gasteiger partial charge in [0.1, 0.15) is 0 Å². The van der Waals surface area contributed by atoms with E-state index >= 15 is 0 Å². The summed E-state index contributed by atoms with van der Waals surface area (Å²) in [6.45, 7) is 0. The first-order valence-corrected chi connectivity index (χ1v) is 8.60. The number of aromatic nitrogens is 1. The molecule has 0 atom stereocenters. The van der Waals surface area contributed by atoms with Gasteiger partial charge in [-0.3, -0.25) is 0 Å². The number of benzene rings is 3. The highest BCUT2D eigenvalue weighted by Crippen LogP contribution is 2.34. The van der Waals surface area contributed by atoms with E-state index in [9.17, 15) is 4.79 Å². The number of ether oxygens (including phenoxy) is 1. The second-order valence-electron chi connectivity index (χ2n) is 6.01. The van der Waals surface area contributed by atoms with Gasteiger partial charge >= 0.3 is 5.97 Å². The summed E-state index contributed by atoms with van der Waals surface area (Å²) in [6.07, 6.45) is 1.65. The van der Waals surface area contributed by atoms with Gasteiger partial charge in [-0.2, -0.15) is 0 Å². The second kappa shape index (κ2) is 6.70. The first-order chi connectivity index (χ1) is 12.7. The number of methoxy groups -OCH3 is 1. The second-order valence-corrected chi connectivity index (χ2v) is 6.42. The van der Waals surface area contributed by atoms with Crippen LogP contribution in [-0.2, 0) is 4.74 Å². The van der Waals surface area contributed by atoms with Gasteiger partial charge in [0.25, 0.3) is 0 Å². The monoisotopic (exact) mass is 361 g/mol. The number of rotatable bonds is 3. The topological polar surface area (TPSA) is 42.1 Å². The fourth-order valence-electron chi connectivity index (χ4n) is 3.12. The molecule has 4 aromatic rings. The van der Waals surface area contributed by atoms with Crippen LogP contribution in [0.4, 0.5) is 0 Å². The summed E-state index contributed by atoms with van der Waals surface area (Å²) in [5.41, 5.74) is 5.49. The van der Waals surface area contributed by atoms with Gasteiger partial charge in [-0.1, -0.05) is 66.2 Å². The number of H-pyrrole nitrogens is 1. The van der Waals surface area contributed by atoms with Gasteiger partial charge in [-0.15, -0.1) is 0 Å². The summed E-state index contributed by atoms with van der Waals surface area (Å²) in [5.74, 6) is -0.371. The molecule has 0 bridgehead atoms. The van der Waals surface area contributed by atoms with Crippen molar-refractivity contribution in [1.29, 1.82) is 0 Å². The molecule has 0 radical (unpaired) electrons. The number of aromatic amines is 1. The molecule has 1 heterocycles. The highest BCUT2D eigenvalue weighted by Gasteiger charge is 2.15. The zero-order valence-electron chi connectivity index (χ0n) is 14.1. The number of carbonyl (C=O) groups excluding carboxylic acids is 1. The predicted octanol–water partition coefficient (Wildman–Crippen LogP) is 5.94. The Morgan fingerprint density at radius 3 is 2.27 bits per heavy atom. The third-order valence-electron chi connectivity index (χ3n) is 4.48. The van der Waals surface area contributed by atoms with E-state index in [0.717, 1.165) is 27.6 Å². The molecule has 0 aliphatic rings. The molecule has 1 aromatic heterocycles. The predicted molar refractivity (Wildman–Crippen MR) is 106 cm³/mol. The van der Waals surface area contributed by atoms with Crippen molar-refractivity contribution in [2.45, 2.75) is 0 Å². The van der Waals surface area contributed by atoms with Crippen LogP contribution in [0.15, 0.2) is 72.9 Å². The quantitative estimate of drug-likeness (QED) is 0.459. The van der Waals surface area contributed by atoms with Crippen molar-refractivity contribution in [2.24, 2.45) is 0 Å². The van der Waals surface area contributed by atoms with Crippen molar-refractivity contribution in [3.63, 3.8) is 0 Å². The highest BCUT2D eigenvalue weighted by atomic mass is 35.5. The zero-order valence-corrected chi connectivity index (χ0v) is 14.9. The summed E-state index contributed by atoms with van der Waals surface area (Å²) in [6, 6.07) is 22.2. The maximum absolute atomic E-state index is 11.9. The standard InChI is InChI=1S/C22H16ClNO2/c1-26-22(25)19-13-24-21-12-20(23)17(11-18(19)21)16-9-7-15(8-10-16)14-5-3-2-4-6-14/h2-13,24H,1H3. The molecule has 0 fully saturated rings. The third kappa shape index (κ3) is 2.87. The van der Waals surface area contributed by atoms with E-state index in [-0.39, 0.29) is 5.97 Å². The Bertz CT molecular complexity index is 1080. The molecule has 0 amide bonds. The van der Waals surface area contributed by atoms with Gasteiger partial charge in [-0.05, 0) is 28.8 Å². The van der Waals surface area contributed by atoms with Crippen molar-refractivity contribution in [3.05, 3.63) is 83.5 Å². The van der Waals surface area contributed by atoms with E-state index in [0.29, 0.717) is 10.6 Å². The smallest absolute Gasteiger partial charge is 0.340 e. The summed E-state index contributed by atoms with van der Waals surface area (Å²) >= 11 is 6.48. The Balaban J connectivity index is 1.78. The minimum atomic E-state index is -0.371. The van der Waals surface area contributed by atoms with Crippen molar-refractivity contribution < 1.29 is 9.53 Å². The van der Waals surface area contributed by atoms with Crippen LogP contribution in [0.25, 0.3) is 33.2 Å². The van der Waals surface area contributed by atoms with Gasteiger partial charge in [0.15, 0.2) is 0 Å². The van der Waals surface area contributed by atoms with Crippen LogP contribution in [-0.4, -0.2) is 18.1 Å².